The van der Waals surface area contributed by atoms with Crippen LogP contribution in [0.1, 0.15) is 48.3 Å². The summed E-state index contributed by atoms with van der Waals surface area (Å²) in [7, 11) is 0. The fraction of sp³-hybridized carbons (Fsp3) is 0.538. The Hall–Kier alpha value is -3.16. The molecule has 1 saturated carbocycles. The molecule has 2 aliphatic heterocycles. The van der Waals surface area contributed by atoms with Crippen molar-refractivity contribution in [2.45, 2.75) is 52.6 Å². The van der Waals surface area contributed by atoms with E-state index >= 15 is 0 Å². The third-order valence-electron chi connectivity index (χ3n) is 8.49. The number of H-pyrrole nitrogens is 1. The van der Waals surface area contributed by atoms with E-state index in [0.717, 1.165) is 22.0 Å². The van der Waals surface area contributed by atoms with E-state index < -0.39 is 12.1 Å². The first-order valence-electron chi connectivity index (χ1n) is 12.1. The monoisotopic (exact) mass is 464 g/mol. The van der Waals surface area contributed by atoms with Crippen molar-refractivity contribution in [1.29, 1.82) is 0 Å². The SMILES string of the molecule is Cc1ccc2cc(C(=O)N3C[C@H]4[C@@H]([C@H]3C(=O)N[C@H](C=O)C[C@@H]3CCNC3=O)C4(C)C)[nH]c2c1C. The number of aryl methyl sites for hydroxylation is 2. The normalized spacial score (nSPS) is 27.9. The zero-order valence-corrected chi connectivity index (χ0v) is 20.1. The van der Waals surface area contributed by atoms with E-state index in [9.17, 15) is 19.2 Å². The molecule has 1 aromatic heterocycles. The van der Waals surface area contributed by atoms with Gasteiger partial charge in [0, 0.05) is 29.9 Å². The van der Waals surface area contributed by atoms with Crippen LogP contribution >= 0.6 is 0 Å². The van der Waals surface area contributed by atoms with Gasteiger partial charge in [-0.3, -0.25) is 14.4 Å². The van der Waals surface area contributed by atoms with Gasteiger partial charge in [0.1, 0.15) is 18.0 Å². The van der Waals surface area contributed by atoms with Crippen LogP contribution in [0, 0.1) is 37.0 Å². The van der Waals surface area contributed by atoms with Crippen LogP contribution in [-0.2, 0) is 14.4 Å². The maximum atomic E-state index is 13.6. The van der Waals surface area contributed by atoms with Gasteiger partial charge in [0.15, 0.2) is 0 Å². The van der Waals surface area contributed by atoms with Gasteiger partial charge in [-0.2, -0.15) is 0 Å². The van der Waals surface area contributed by atoms with Crippen molar-refractivity contribution in [1.82, 2.24) is 20.5 Å². The molecule has 8 heteroatoms. The highest BCUT2D eigenvalue weighted by Gasteiger charge is 2.69. The molecule has 5 atom stereocenters. The summed E-state index contributed by atoms with van der Waals surface area (Å²) in [4.78, 5) is 55.6. The molecule has 1 aromatic carbocycles. The van der Waals surface area contributed by atoms with Crippen molar-refractivity contribution in [3.05, 3.63) is 35.0 Å². The molecule has 0 spiro atoms. The topological polar surface area (TPSA) is 111 Å². The summed E-state index contributed by atoms with van der Waals surface area (Å²) in [6, 6.07) is 4.49. The van der Waals surface area contributed by atoms with E-state index in [1.54, 1.807) is 4.90 Å². The number of rotatable bonds is 6. The van der Waals surface area contributed by atoms with Crippen LogP contribution in [0.4, 0.5) is 0 Å². The Morgan fingerprint density at radius 2 is 2.06 bits per heavy atom. The lowest BCUT2D eigenvalue weighted by Crippen LogP contribution is -2.52. The van der Waals surface area contributed by atoms with Gasteiger partial charge in [-0.05, 0) is 61.1 Å². The van der Waals surface area contributed by atoms with E-state index in [1.165, 1.54) is 0 Å². The average Bonchev–Trinajstić information content (AvgIpc) is 3.31. The summed E-state index contributed by atoms with van der Waals surface area (Å²) in [5, 5.41) is 6.57. The second-order valence-electron chi connectivity index (χ2n) is 10.8. The minimum Gasteiger partial charge on any atom is -0.356 e. The van der Waals surface area contributed by atoms with E-state index in [2.05, 4.69) is 29.5 Å². The second kappa shape index (κ2) is 7.96. The number of likely N-dealkylation sites (tertiary alicyclic amines) is 1. The number of hydrogen-bond donors (Lipinski definition) is 3. The zero-order chi connectivity index (χ0) is 24.4. The highest BCUT2D eigenvalue weighted by atomic mass is 16.2. The summed E-state index contributed by atoms with van der Waals surface area (Å²) in [5.74, 6) is -0.575. The molecule has 3 N–H and O–H groups in total. The molecule has 3 heterocycles. The number of aldehydes is 1. The Bertz CT molecular complexity index is 1200. The van der Waals surface area contributed by atoms with Gasteiger partial charge in [0.2, 0.25) is 11.8 Å². The molecule has 5 rings (SSSR count). The number of amides is 3. The number of aromatic amines is 1. The molecule has 0 radical (unpaired) electrons. The van der Waals surface area contributed by atoms with Crippen molar-refractivity contribution in [2.24, 2.45) is 23.2 Å². The van der Waals surface area contributed by atoms with Crippen molar-refractivity contribution in [2.75, 3.05) is 13.1 Å². The van der Waals surface area contributed by atoms with Crippen molar-refractivity contribution in [3.8, 4) is 0 Å². The molecule has 3 aliphatic rings. The molecule has 3 amide bonds. The highest BCUT2D eigenvalue weighted by molar-refractivity contribution is 6.01. The third kappa shape index (κ3) is 3.51. The Morgan fingerprint density at radius 1 is 1.29 bits per heavy atom. The number of piperidine rings is 1. The number of benzene rings is 1. The van der Waals surface area contributed by atoms with Gasteiger partial charge in [-0.25, -0.2) is 0 Å². The standard InChI is InChI=1S/C26H32N4O4/c1-13-5-6-15-10-19(29-21(15)14(13)2)25(34)30-11-18-20(26(18,3)4)22(30)24(33)28-17(12-31)9-16-7-8-27-23(16)32/h5-6,10,12,16-18,20,22,29H,7-9,11H2,1-4H3,(H,27,32)(H,28,33)/t16-,17-,18-,20-,22-/m0/s1. The summed E-state index contributed by atoms with van der Waals surface area (Å²) in [6.07, 6.45) is 1.63. The van der Waals surface area contributed by atoms with Crippen LogP contribution < -0.4 is 10.6 Å². The van der Waals surface area contributed by atoms with Gasteiger partial charge < -0.3 is 25.3 Å². The average molecular weight is 465 g/mol. The molecule has 0 bridgehead atoms. The summed E-state index contributed by atoms with van der Waals surface area (Å²) in [6.45, 7) is 9.41. The lowest BCUT2D eigenvalue weighted by molar-refractivity contribution is -0.129. The van der Waals surface area contributed by atoms with Gasteiger partial charge in [0.25, 0.3) is 5.91 Å². The molecule has 0 unspecified atom stereocenters. The van der Waals surface area contributed by atoms with Crippen LogP contribution in [-0.4, -0.2) is 59.1 Å². The minimum atomic E-state index is -0.752. The van der Waals surface area contributed by atoms with Gasteiger partial charge in [-0.1, -0.05) is 26.0 Å². The quantitative estimate of drug-likeness (QED) is 0.569. The number of fused-ring (bicyclic) bond motifs is 2. The number of aromatic nitrogens is 1. The number of hydrogen-bond acceptors (Lipinski definition) is 4. The smallest absolute Gasteiger partial charge is 0.271 e. The summed E-state index contributed by atoms with van der Waals surface area (Å²) < 4.78 is 0. The van der Waals surface area contributed by atoms with Crippen molar-refractivity contribution >= 4 is 34.9 Å². The van der Waals surface area contributed by atoms with E-state index in [1.807, 2.05) is 32.0 Å². The number of nitrogens with zero attached hydrogens (tertiary/aromatic N) is 1. The maximum absolute atomic E-state index is 13.6. The first kappa shape index (κ1) is 22.6. The first-order chi connectivity index (χ1) is 16.1. The lowest BCUT2D eigenvalue weighted by Gasteiger charge is -2.30. The molecule has 1 aliphatic carbocycles. The number of carbonyl (C=O) groups is 4. The van der Waals surface area contributed by atoms with Crippen LogP contribution in [0.3, 0.4) is 0 Å². The fourth-order valence-electron chi connectivity index (χ4n) is 6.11. The maximum Gasteiger partial charge on any atom is 0.271 e. The highest BCUT2D eigenvalue weighted by Crippen LogP contribution is 2.65. The lowest BCUT2D eigenvalue weighted by atomic mass is 9.97. The van der Waals surface area contributed by atoms with Gasteiger partial charge >= 0.3 is 0 Å². The zero-order valence-electron chi connectivity index (χ0n) is 20.1. The van der Waals surface area contributed by atoms with Gasteiger partial charge in [0.05, 0.1) is 6.04 Å². The molecular weight excluding hydrogens is 432 g/mol. The molecule has 8 nitrogen and oxygen atoms in total. The van der Waals surface area contributed by atoms with Gasteiger partial charge in [-0.15, -0.1) is 0 Å². The second-order valence-corrected chi connectivity index (χ2v) is 10.8. The summed E-state index contributed by atoms with van der Waals surface area (Å²) in [5.41, 5.74) is 3.61. The molecule has 3 fully saturated rings. The van der Waals surface area contributed by atoms with Crippen LogP contribution in [0.2, 0.25) is 0 Å². The Kier molecular flexibility index (Phi) is 5.30. The predicted molar refractivity (Wildman–Crippen MR) is 127 cm³/mol. The van der Waals surface area contributed by atoms with E-state index in [-0.39, 0.29) is 47.3 Å². The predicted octanol–water partition coefficient (Wildman–Crippen LogP) is 2.09. The molecule has 2 saturated heterocycles. The molecule has 180 valence electrons. The third-order valence-corrected chi connectivity index (χ3v) is 8.49. The number of nitrogens with one attached hydrogen (secondary N) is 3. The molecular formula is C26H32N4O4. The Balaban J connectivity index is 1.37. The van der Waals surface area contributed by atoms with E-state index in [0.29, 0.717) is 31.5 Å². The molecule has 34 heavy (non-hydrogen) atoms. The van der Waals surface area contributed by atoms with Crippen molar-refractivity contribution in [3.63, 3.8) is 0 Å². The first-order valence-corrected chi connectivity index (χ1v) is 12.1. The summed E-state index contributed by atoms with van der Waals surface area (Å²) >= 11 is 0. The molecule has 2 aromatic rings. The van der Waals surface area contributed by atoms with Crippen LogP contribution in [0.5, 0.6) is 0 Å². The fourth-order valence-corrected chi connectivity index (χ4v) is 6.11. The minimum absolute atomic E-state index is 0.0328. The Labute approximate surface area is 198 Å². The Morgan fingerprint density at radius 3 is 2.74 bits per heavy atom. The van der Waals surface area contributed by atoms with Crippen LogP contribution in [0.15, 0.2) is 18.2 Å². The van der Waals surface area contributed by atoms with Crippen molar-refractivity contribution < 1.29 is 19.2 Å². The largest absolute Gasteiger partial charge is 0.356 e. The number of carbonyl (C=O) groups excluding carboxylic acids is 4. The van der Waals surface area contributed by atoms with Crippen LogP contribution in [0.25, 0.3) is 10.9 Å². The van der Waals surface area contributed by atoms with E-state index in [4.69, 9.17) is 0 Å².